The van der Waals surface area contributed by atoms with E-state index in [2.05, 4.69) is 39.5 Å². The minimum atomic E-state index is -0.172. The molecule has 154 valence electrons. The molecule has 0 aromatic heterocycles. The normalized spacial score (nSPS) is 20.8. The van der Waals surface area contributed by atoms with Crippen molar-refractivity contribution in [2.75, 3.05) is 39.3 Å². The molecule has 1 unspecified atom stereocenters. The molecular formula is C22H34N4O2. The molecule has 2 aliphatic rings. The van der Waals surface area contributed by atoms with Crippen molar-refractivity contribution in [2.24, 2.45) is 0 Å². The zero-order valence-electron chi connectivity index (χ0n) is 17.2. The molecule has 2 N–H and O–H groups in total. The zero-order chi connectivity index (χ0) is 20.0. The third kappa shape index (κ3) is 5.32. The van der Waals surface area contributed by atoms with E-state index in [0.717, 1.165) is 51.9 Å². The van der Waals surface area contributed by atoms with Crippen molar-refractivity contribution in [3.63, 3.8) is 0 Å². The van der Waals surface area contributed by atoms with Crippen LogP contribution in [-0.2, 0) is 15.1 Å². The lowest BCUT2D eigenvalue weighted by molar-refractivity contribution is -0.127. The fraction of sp³-hybridized carbons (Fsp3) is 0.636. The van der Waals surface area contributed by atoms with Crippen molar-refractivity contribution < 1.29 is 9.59 Å². The van der Waals surface area contributed by atoms with E-state index < -0.39 is 0 Å². The summed E-state index contributed by atoms with van der Waals surface area (Å²) in [6.45, 7) is 8.27. The molecule has 1 atom stereocenters. The summed E-state index contributed by atoms with van der Waals surface area (Å²) in [7, 11) is 0. The lowest BCUT2D eigenvalue weighted by Crippen LogP contribution is -2.56. The number of amides is 2. The standard InChI is InChI=1S/C22H34N4O2/c1-3-18(2)23-20(27)16-25-12-14-26(15-13-25)17-21(28)24-22(10-7-11-22)19-8-5-4-6-9-19/h4-6,8-9,18H,3,7,10-17H2,1-2H3,(H,23,27)(H,24,28). The van der Waals surface area contributed by atoms with Crippen LogP contribution in [0, 0.1) is 0 Å². The van der Waals surface area contributed by atoms with Crippen LogP contribution in [0.25, 0.3) is 0 Å². The van der Waals surface area contributed by atoms with E-state index in [1.807, 2.05) is 25.1 Å². The van der Waals surface area contributed by atoms with E-state index in [-0.39, 0.29) is 23.4 Å². The Bertz CT molecular complexity index is 652. The SMILES string of the molecule is CCC(C)NC(=O)CN1CCN(CC(=O)NC2(c3ccccc3)CCC2)CC1. The van der Waals surface area contributed by atoms with E-state index >= 15 is 0 Å². The lowest BCUT2D eigenvalue weighted by atomic mass is 9.72. The Balaban J connectivity index is 1.42. The number of nitrogens with zero attached hydrogens (tertiary/aromatic N) is 2. The van der Waals surface area contributed by atoms with Gasteiger partial charge in [0.1, 0.15) is 0 Å². The molecule has 3 rings (SSSR count). The first-order chi connectivity index (χ1) is 13.5. The molecule has 0 spiro atoms. The second-order valence-corrected chi connectivity index (χ2v) is 8.28. The number of hydrogen-bond donors (Lipinski definition) is 2. The van der Waals surface area contributed by atoms with Crippen LogP contribution < -0.4 is 10.6 Å². The molecule has 2 amide bonds. The molecule has 6 heteroatoms. The lowest BCUT2D eigenvalue weighted by Gasteiger charge is -2.44. The molecule has 1 saturated heterocycles. The second-order valence-electron chi connectivity index (χ2n) is 8.28. The average Bonchev–Trinajstić information content (AvgIpc) is 2.66. The first-order valence-electron chi connectivity index (χ1n) is 10.6. The summed E-state index contributed by atoms with van der Waals surface area (Å²) >= 11 is 0. The summed E-state index contributed by atoms with van der Waals surface area (Å²) in [4.78, 5) is 29.1. The summed E-state index contributed by atoms with van der Waals surface area (Å²) in [5.74, 6) is 0.196. The quantitative estimate of drug-likeness (QED) is 0.714. The molecule has 1 aromatic carbocycles. The van der Waals surface area contributed by atoms with Gasteiger partial charge in [-0.2, -0.15) is 0 Å². The van der Waals surface area contributed by atoms with Gasteiger partial charge in [-0.3, -0.25) is 19.4 Å². The number of piperazine rings is 1. The van der Waals surface area contributed by atoms with E-state index in [0.29, 0.717) is 13.1 Å². The third-order valence-corrected chi connectivity index (χ3v) is 6.13. The maximum atomic E-state index is 12.7. The Morgan fingerprint density at radius 2 is 1.57 bits per heavy atom. The first kappa shape index (κ1) is 20.8. The van der Waals surface area contributed by atoms with Crippen molar-refractivity contribution in [3.8, 4) is 0 Å². The molecule has 1 aliphatic carbocycles. The van der Waals surface area contributed by atoms with Crippen LogP contribution >= 0.6 is 0 Å². The van der Waals surface area contributed by atoms with Crippen LogP contribution in [0.4, 0.5) is 0 Å². The van der Waals surface area contributed by atoms with Crippen LogP contribution in [0.3, 0.4) is 0 Å². The van der Waals surface area contributed by atoms with Crippen LogP contribution in [0.1, 0.15) is 45.1 Å². The summed E-state index contributed by atoms with van der Waals surface area (Å²) in [5.41, 5.74) is 1.04. The monoisotopic (exact) mass is 386 g/mol. The molecule has 2 fully saturated rings. The fourth-order valence-corrected chi connectivity index (χ4v) is 4.01. The number of hydrogen-bond acceptors (Lipinski definition) is 4. The maximum absolute atomic E-state index is 12.7. The summed E-state index contributed by atoms with van der Waals surface area (Å²) in [6, 6.07) is 10.5. The molecule has 1 saturated carbocycles. The van der Waals surface area contributed by atoms with Gasteiger partial charge in [0, 0.05) is 32.2 Å². The van der Waals surface area contributed by atoms with Gasteiger partial charge in [-0.15, -0.1) is 0 Å². The Labute approximate surface area is 168 Å². The molecule has 1 heterocycles. The Hall–Kier alpha value is -1.92. The van der Waals surface area contributed by atoms with Gasteiger partial charge >= 0.3 is 0 Å². The molecule has 6 nitrogen and oxygen atoms in total. The van der Waals surface area contributed by atoms with Gasteiger partial charge in [-0.1, -0.05) is 37.3 Å². The highest BCUT2D eigenvalue weighted by Crippen LogP contribution is 2.41. The van der Waals surface area contributed by atoms with Gasteiger partial charge in [0.25, 0.3) is 0 Å². The molecule has 0 bridgehead atoms. The van der Waals surface area contributed by atoms with Gasteiger partial charge < -0.3 is 10.6 Å². The average molecular weight is 387 g/mol. The van der Waals surface area contributed by atoms with E-state index in [4.69, 9.17) is 0 Å². The van der Waals surface area contributed by atoms with Gasteiger partial charge in [-0.25, -0.2) is 0 Å². The van der Waals surface area contributed by atoms with Crippen LogP contribution in [0.2, 0.25) is 0 Å². The van der Waals surface area contributed by atoms with Crippen molar-refractivity contribution >= 4 is 11.8 Å². The van der Waals surface area contributed by atoms with Crippen LogP contribution in [-0.4, -0.2) is 66.9 Å². The molecule has 28 heavy (non-hydrogen) atoms. The second kappa shape index (κ2) is 9.52. The number of rotatable bonds is 8. The largest absolute Gasteiger partial charge is 0.353 e. The first-order valence-corrected chi connectivity index (χ1v) is 10.6. The van der Waals surface area contributed by atoms with E-state index in [1.54, 1.807) is 0 Å². The summed E-state index contributed by atoms with van der Waals surface area (Å²) < 4.78 is 0. The summed E-state index contributed by atoms with van der Waals surface area (Å²) in [6.07, 6.45) is 4.13. The van der Waals surface area contributed by atoms with Crippen LogP contribution in [0.5, 0.6) is 0 Å². The molecule has 0 radical (unpaired) electrons. The highest BCUT2D eigenvalue weighted by atomic mass is 16.2. The predicted octanol–water partition coefficient (Wildman–Crippen LogP) is 1.71. The predicted molar refractivity (Wildman–Crippen MR) is 111 cm³/mol. The topological polar surface area (TPSA) is 64.7 Å². The highest BCUT2D eigenvalue weighted by molar-refractivity contribution is 5.79. The van der Waals surface area contributed by atoms with E-state index in [1.165, 1.54) is 5.56 Å². The van der Waals surface area contributed by atoms with Crippen molar-refractivity contribution in [3.05, 3.63) is 35.9 Å². The zero-order valence-corrected chi connectivity index (χ0v) is 17.2. The molecule has 1 aliphatic heterocycles. The van der Waals surface area contributed by atoms with Crippen molar-refractivity contribution in [2.45, 2.75) is 51.1 Å². The summed E-state index contributed by atoms with van der Waals surface area (Å²) in [5, 5.41) is 6.32. The maximum Gasteiger partial charge on any atom is 0.234 e. The van der Waals surface area contributed by atoms with Crippen molar-refractivity contribution in [1.29, 1.82) is 0 Å². The number of carbonyl (C=O) groups is 2. The van der Waals surface area contributed by atoms with Gasteiger partial charge in [0.15, 0.2) is 0 Å². The van der Waals surface area contributed by atoms with Crippen LogP contribution in [0.15, 0.2) is 30.3 Å². The van der Waals surface area contributed by atoms with E-state index in [9.17, 15) is 9.59 Å². The third-order valence-electron chi connectivity index (χ3n) is 6.13. The van der Waals surface area contributed by atoms with Gasteiger partial charge in [0.05, 0.1) is 18.6 Å². The minimum Gasteiger partial charge on any atom is -0.353 e. The Morgan fingerprint density at radius 1 is 1.00 bits per heavy atom. The highest BCUT2D eigenvalue weighted by Gasteiger charge is 2.40. The van der Waals surface area contributed by atoms with Gasteiger partial charge in [0.2, 0.25) is 11.8 Å². The Kier molecular flexibility index (Phi) is 7.08. The Morgan fingerprint density at radius 3 is 2.07 bits per heavy atom. The minimum absolute atomic E-state index is 0.0929. The number of benzene rings is 1. The molecule has 1 aromatic rings. The number of nitrogens with one attached hydrogen (secondary N) is 2. The fourth-order valence-electron chi connectivity index (χ4n) is 4.01. The van der Waals surface area contributed by atoms with Gasteiger partial charge in [-0.05, 0) is 38.2 Å². The smallest absolute Gasteiger partial charge is 0.234 e. The molecular weight excluding hydrogens is 352 g/mol. The van der Waals surface area contributed by atoms with Crippen molar-refractivity contribution in [1.82, 2.24) is 20.4 Å². The number of carbonyl (C=O) groups excluding carboxylic acids is 2.